The van der Waals surface area contributed by atoms with Crippen molar-refractivity contribution in [2.24, 2.45) is 5.73 Å². The number of nitrogens with two attached hydrogens (primary N) is 1. The Balaban J connectivity index is 2.78. The Bertz CT molecular complexity index is 258. The van der Waals surface area contributed by atoms with Gasteiger partial charge in [-0.05, 0) is 17.7 Å². The number of methoxy groups -OCH3 is 1. The van der Waals surface area contributed by atoms with E-state index in [0.717, 1.165) is 0 Å². The van der Waals surface area contributed by atoms with Crippen molar-refractivity contribution in [2.45, 2.75) is 6.04 Å². The Kier molecular flexibility index (Phi) is 2.82. The van der Waals surface area contributed by atoms with Crippen LogP contribution in [0.1, 0.15) is 11.6 Å². The number of carbonyl (C=O) groups is 1. The van der Waals surface area contributed by atoms with Crippen LogP contribution in [-0.4, -0.2) is 13.1 Å². The van der Waals surface area contributed by atoms with Crippen molar-refractivity contribution in [3.8, 4) is 0 Å². The molecule has 0 saturated carbocycles. The van der Waals surface area contributed by atoms with Crippen molar-refractivity contribution in [2.75, 3.05) is 7.11 Å². The highest BCUT2D eigenvalue weighted by atomic mass is 16.5. The van der Waals surface area contributed by atoms with Crippen molar-refractivity contribution in [3.63, 3.8) is 0 Å². The maximum Gasteiger partial charge on any atom is 0.327 e. The Morgan fingerprint density at radius 1 is 1.75 bits per heavy atom. The van der Waals surface area contributed by atoms with E-state index >= 15 is 0 Å². The highest BCUT2D eigenvalue weighted by molar-refractivity contribution is 5.77. The zero-order chi connectivity index (χ0) is 8.97. The van der Waals surface area contributed by atoms with E-state index in [-0.39, 0.29) is 0 Å². The monoisotopic (exact) mass is 164 g/mol. The topological polar surface area (TPSA) is 52.3 Å². The lowest BCUT2D eigenvalue weighted by Crippen LogP contribution is -2.22. The van der Waals surface area contributed by atoms with E-state index in [1.54, 1.807) is 24.3 Å². The fraction of sp³-hybridized carbons (Fsp3) is 0.222. The molecule has 0 aromatic heterocycles. The molecule has 1 atom stereocenters. The molecule has 0 aliphatic heterocycles. The minimum absolute atomic E-state index is 0.436. The quantitative estimate of drug-likeness (QED) is 0.653. The van der Waals surface area contributed by atoms with E-state index in [1.165, 1.54) is 7.11 Å². The van der Waals surface area contributed by atoms with Gasteiger partial charge in [-0.3, -0.25) is 4.79 Å². The van der Waals surface area contributed by atoms with Crippen LogP contribution in [0.3, 0.4) is 0 Å². The van der Waals surface area contributed by atoms with E-state index in [0.29, 0.717) is 5.56 Å². The largest absolute Gasteiger partial charge is 0.468 e. The molecule has 63 valence electrons. The molecule has 0 spiro atoms. The molecule has 0 aliphatic rings. The zero-order valence-corrected chi connectivity index (χ0v) is 6.78. The van der Waals surface area contributed by atoms with Gasteiger partial charge >= 0.3 is 5.97 Å². The van der Waals surface area contributed by atoms with E-state index in [1.807, 2.05) is 0 Å². The summed E-state index contributed by atoms with van der Waals surface area (Å²) in [7, 11) is 1.31. The number of esters is 1. The molecule has 0 saturated heterocycles. The predicted octanol–water partition coefficient (Wildman–Crippen LogP) is 0.660. The molecule has 2 N–H and O–H groups in total. The molecule has 0 fully saturated rings. The van der Waals surface area contributed by atoms with Gasteiger partial charge in [0.05, 0.1) is 7.11 Å². The summed E-state index contributed by atoms with van der Waals surface area (Å²) in [4.78, 5) is 11.0. The minimum Gasteiger partial charge on any atom is -0.468 e. The smallest absolute Gasteiger partial charge is 0.327 e. The second-order valence-electron chi connectivity index (χ2n) is 2.34. The van der Waals surface area contributed by atoms with Crippen LogP contribution in [0.2, 0.25) is 0 Å². The van der Waals surface area contributed by atoms with Gasteiger partial charge in [-0.1, -0.05) is 18.2 Å². The molecule has 1 radical (unpaired) electrons. The highest BCUT2D eigenvalue weighted by Gasteiger charge is 2.14. The van der Waals surface area contributed by atoms with Crippen LogP contribution in [0.4, 0.5) is 0 Å². The van der Waals surface area contributed by atoms with Crippen molar-refractivity contribution in [1.82, 2.24) is 0 Å². The molecule has 0 amide bonds. The molecule has 1 unspecified atom stereocenters. The van der Waals surface area contributed by atoms with Crippen LogP contribution in [0.5, 0.6) is 0 Å². The van der Waals surface area contributed by atoms with E-state index in [4.69, 9.17) is 5.73 Å². The van der Waals surface area contributed by atoms with Crippen molar-refractivity contribution < 1.29 is 9.53 Å². The van der Waals surface area contributed by atoms with Gasteiger partial charge in [-0.25, -0.2) is 0 Å². The Hall–Kier alpha value is -1.35. The summed E-state index contributed by atoms with van der Waals surface area (Å²) in [5, 5.41) is 0. The van der Waals surface area contributed by atoms with Gasteiger partial charge in [-0.15, -0.1) is 0 Å². The first-order valence-corrected chi connectivity index (χ1v) is 3.55. The lowest BCUT2D eigenvalue weighted by atomic mass is 10.1. The number of hydrogen-bond donors (Lipinski definition) is 1. The normalized spacial score (nSPS) is 12.2. The van der Waals surface area contributed by atoms with Crippen LogP contribution < -0.4 is 5.73 Å². The van der Waals surface area contributed by atoms with Crippen LogP contribution >= 0.6 is 0 Å². The van der Waals surface area contributed by atoms with Crippen molar-refractivity contribution in [1.29, 1.82) is 0 Å². The maximum absolute atomic E-state index is 11.0. The van der Waals surface area contributed by atoms with Crippen LogP contribution in [0.25, 0.3) is 0 Å². The SMILES string of the molecule is COC(=O)C(N)c1c[c]ccc1. The molecule has 1 rings (SSSR count). The second kappa shape index (κ2) is 3.88. The fourth-order valence-electron chi connectivity index (χ4n) is 0.864. The number of hydrogen-bond acceptors (Lipinski definition) is 3. The number of rotatable bonds is 2. The Morgan fingerprint density at radius 2 is 2.50 bits per heavy atom. The van der Waals surface area contributed by atoms with Gasteiger partial charge in [0.1, 0.15) is 6.04 Å². The summed E-state index contributed by atoms with van der Waals surface area (Å²) < 4.78 is 4.49. The molecule has 1 aromatic carbocycles. The molecule has 0 bridgehead atoms. The molecule has 3 nitrogen and oxygen atoms in total. The third kappa shape index (κ3) is 1.83. The lowest BCUT2D eigenvalue weighted by molar-refractivity contribution is -0.142. The molecule has 3 heteroatoms. The van der Waals surface area contributed by atoms with Crippen LogP contribution in [-0.2, 0) is 9.53 Å². The van der Waals surface area contributed by atoms with Crippen molar-refractivity contribution in [3.05, 3.63) is 35.9 Å². The third-order valence-electron chi connectivity index (χ3n) is 1.55. The van der Waals surface area contributed by atoms with Gasteiger partial charge in [-0.2, -0.15) is 0 Å². The van der Waals surface area contributed by atoms with E-state index in [2.05, 4.69) is 10.8 Å². The average Bonchev–Trinajstić information content (AvgIpc) is 2.17. The van der Waals surface area contributed by atoms with E-state index < -0.39 is 12.0 Å². The lowest BCUT2D eigenvalue weighted by Gasteiger charge is -2.07. The first-order chi connectivity index (χ1) is 5.75. The zero-order valence-electron chi connectivity index (χ0n) is 6.78. The summed E-state index contributed by atoms with van der Waals surface area (Å²) in [6.45, 7) is 0. The summed E-state index contributed by atoms with van der Waals surface area (Å²) >= 11 is 0. The minimum atomic E-state index is -0.701. The van der Waals surface area contributed by atoms with Gasteiger partial charge < -0.3 is 10.5 Å². The summed E-state index contributed by atoms with van der Waals surface area (Å²) in [6, 6.07) is 9.08. The molecule has 0 heterocycles. The van der Waals surface area contributed by atoms with Crippen LogP contribution in [0.15, 0.2) is 24.3 Å². The number of benzene rings is 1. The summed E-state index contributed by atoms with van der Waals surface area (Å²) in [6.07, 6.45) is 0. The number of carbonyl (C=O) groups excluding carboxylic acids is 1. The third-order valence-corrected chi connectivity index (χ3v) is 1.55. The van der Waals surface area contributed by atoms with Crippen LogP contribution in [0, 0.1) is 6.07 Å². The predicted molar refractivity (Wildman–Crippen MR) is 44.2 cm³/mol. The Morgan fingerprint density at radius 3 is 3.00 bits per heavy atom. The molecule has 12 heavy (non-hydrogen) atoms. The average molecular weight is 164 g/mol. The number of ether oxygens (including phenoxy) is 1. The highest BCUT2D eigenvalue weighted by Crippen LogP contribution is 2.09. The molecule has 0 aliphatic carbocycles. The molecular formula is C9H10NO2. The Labute approximate surface area is 71.1 Å². The maximum atomic E-state index is 11.0. The summed E-state index contributed by atoms with van der Waals surface area (Å²) in [5.41, 5.74) is 6.27. The molecule has 1 aromatic rings. The molecular weight excluding hydrogens is 154 g/mol. The second-order valence-corrected chi connectivity index (χ2v) is 2.34. The van der Waals surface area contributed by atoms with Crippen molar-refractivity contribution >= 4 is 5.97 Å². The fourth-order valence-corrected chi connectivity index (χ4v) is 0.864. The van der Waals surface area contributed by atoms with Gasteiger partial charge in [0, 0.05) is 0 Å². The van der Waals surface area contributed by atoms with Gasteiger partial charge in [0.2, 0.25) is 0 Å². The standard InChI is InChI=1S/C9H10NO2/c1-12-9(11)8(10)7-5-3-2-4-6-7/h2-3,5-6,8H,10H2,1H3. The first-order valence-electron chi connectivity index (χ1n) is 3.55. The van der Waals surface area contributed by atoms with Gasteiger partial charge in [0.15, 0.2) is 0 Å². The summed E-state index contributed by atoms with van der Waals surface area (Å²) in [5.74, 6) is -0.436. The van der Waals surface area contributed by atoms with E-state index in [9.17, 15) is 4.79 Å². The van der Waals surface area contributed by atoms with Gasteiger partial charge in [0.25, 0.3) is 0 Å². The first kappa shape index (κ1) is 8.74.